The third-order valence-electron chi connectivity index (χ3n) is 4.12. The minimum absolute atomic E-state index is 0.128. The van der Waals surface area contributed by atoms with Gasteiger partial charge in [-0.3, -0.25) is 0 Å². The molecule has 3 N–H and O–H groups in total. The Morgan fingerprint density at radius 2 is 1.95 bits per heavy atom. The second-order valence-corrected chi connectivity index (χ2v) is 5.63. The highest BCUT2D eigenvalue weighted by Gasteiger charge is 2.24. The highest BCUT2D eigenvalue weighted by atomic mass is 16.4. The molecule has 0 radical (unpaired) electrons. The van der Waals surface area contributed by atoms with Crippen LogP contribution in [0.3, 0.4) is 0 Å². The lowest BCUT2D eigenvalue weighted by Crippen LogP contribution is -2.46. The normalized spacial score (nSPS) is 15.9. The zero-order valence-electron chi connectivity index (χ0n) is 12.3. The first kappa shape index (κ1) is 15.4. The van der Waals surface area contributed by atoms with Crippen molar-refractivity contribution in [3.8, 4) is 0 Å². The van der Waals surface area contributed by atoms with E-state index in [1.165, 1.54) is 19.3 Å². The fourth-order valence-electron chi connectivity index (χ4n) is 2.45. The summed E-state index contributed by atoms with van der Waals surface area (Å²) in [7, 11) is 0. The Balaban J connectivity index is 1.68. The van der Waals surface area contributed by atoms with Crippen LogP contribution in [-0.2, 0) is 6.42 Å². The molecule has 1 aliphatic carbocycles. The average Bonchev–Trinajstić information content (AvgIpc) is 2.37. The molecule has 0 heterocycles. The van der Waals surface area contributed by atoms with Gasteiger partial charge in [0.15, 0.2) is 0 Å². The first-order valence-electron chi connectivity index (χ1n) is 7.43. The molecule has 5 nitrogen and oxygen atoms in total. The predicted molar refractivity (Wildman–Crippen MR) is 80.4 cm³/mol. The van der Waals surface area contributed by atoms with Gasteiger partial charge < -0.3 is 15.7 Å². The van der Waals surface area contributed by atoms with E-state index in [0.29, 0.717) is 18.9 Å². The number of hydrogen-bond donors (Lipinski definition) is 3. The van der Waals surface area contributed by atoms with Crippen LogP contribution in [0.25, 0.3) is 0 Å². The fourth-order valence-corrected chi connectivity index (χ4v) is 2.45. The molecule has 0 aromatic heterocycles. The van der Waals surface area contributed by atoms with Crippen molar-refractivity contribution in [2.75, 3.05) is 6.54 Å². The van der Waals surface area contributed by atoms with E-state index in [1.807, 2.05) is 6.92 Å². The molecule has 114 valence electrons. The van der Waals surface area contributed by atoms with Gasteiger partial charge in [-0.1, -0.05) is 18.6 Å². The van der Waals surface area contributed by atoms with Gasteiger partial charge in [-0.15, -0.1) is 0 Å². The Hall–Kier alpha value is -2.04. The van der Waals surface area contributed by atoms with E-state index >= 15 is 0 Å². The summed E-state index contributed by atoms with van der Waals surface area (Å²) in [5, 5.41) is 14.6. The molecule has 0 saturated heterocycles. The SMILES string of the molecule is CC(NC(=O)NCCc1ccc(C(=O)O)cc1)C1CCC1. The molecule has 2 rings (SSSR count). The number of carbonyl (C=O) groups is 2. The monoisotopic (exact) mass is 290 g/mol. The Morgan fingerprint density at radius 1 is 1.29 bits per heavy atom. The number of urea groups is 1. The Bertz CT molecular complexity index is 495. The van der Waals surface area contributed by atoms with E-state index in [0.717, 1.165) is 5.56 Å². The maximum absolute atomic E-state index is 11.7. The molecular weight excluding hydrogens is 268 g/mol. The number of carbonyl (C=O) groups excluding carboxylic acids is 1. The van der Waals surface area contributed by atoms with E-state index < -0.39 is 5.97 Å². The Morgan fingerprint density at radius 3 is 2.48 bits per heavy atom. The van der Waals surface area contributed by atoms with Gasteiger partial charge in [0, 0.05) is 12.6 Å². The molecule has 0 aliphatic heterocycles. The van der Waals surface area contributed by atoms with Crippen molar-refractivity contribution >= 4 is 12.0 Å². The third kappa shape index (κ3) is 4.48. The maximum atomic E-state index is 11.7. The van der Waals surface area contributed by atoms with Gasteiger partial charge in [0.2, 0.25) is 0 Å². The smallest absolute Gasteiger partial charge is 0.335 e. The zero-order valence-corrected chi connectivity index (χ0v) is 12.3. The summed E-state index contributed by atoms with van der Waals surface area (Å²) in [6.07, 6.45) is 4.37. The minimum atomic E-state index is -0.927. The molecule has 1 aromatic carbocycles. The molecule has 1 atom stereocenters. The van der Waals surface area contributed by atoms with E-state index in [-0.39, 0.29) is 17.6 Å². The molecule has 1 fully saturated rings. The van der Waals surface area contributed by atoms with Gasteiger partial charge >= 0.3 is 12.0 Å². The molecule has 5 heteroatoms. The Kier molecular flexibility index (Phi) is 5.20. The van der Waals surface area contributed by atoms with Gasteiger partial charge in [-0.25, -0.2) is 9.59 Å². The largest absolute Gasteiger partial charge is 0.478 e. The standard InChI is InChI=1S/C16H22N2O3/c1-11(13-3-2-4-13)18-16(21)17-10-9-12-5-7-14(8-6-12)15(19)20/h5-8,11,13H,2-4,9-10H2,1H3,(H,19,20)(H2,17,18,21). The number of benzene rings is 1. The summed E-state index contributed by atoms with van der Waals surface area (Å²) in [5.74, 6) is -0.302. The lowest BCUT2D eigenvalue weighted by molar-refractivity contribution is 0.0697. The molecule has 1 aromatic rings. The summed E-state index contributed by atoms with van der Waals surface area (Å²) < 4.78 is 0. The molecule has 0 bridgehead atoms. The van der Waals surface area contributed by atoms with Gasteiger partial charge in [-0.05, 0) is 49.8 Å². The van der Waals surface area contributed by atoms with Crippen molar-refractivity contribution in [2.24, 2.45) is 5.92 Å². The summed E-state index contributed by atoms with van der Waals surface area (Å²) in [6, 6.07) is 6.82. The van der Waals surface area contributed by atoms with Crippen molar-refractivity contribution in [1.82, 2.24) is 10.6 Å². The first-order chi connectivity index (χ1) is 10.1. The zero-order chi connectivity index (χ0) is 15.2. The predicted octanol–water partition coefficient (Wildman–Crippen LogP) is 2.42. The van der Waals surface area contributed by atoms with Crippen LogP contribution in [-0.4, -0.2) is 29.7 Å². The van der Waals surface area contributed by atoms with Crippen LogP contribution in [0.1, 0.15) is 42.1 Å². The van der Waals surface area contributed by atoms with Crippen LogP contribution in [0.4, 0.5) is 4.79 Å². The molecule has 2 amide bonds. The van der Waals surface area contributed by atoms with Crippen molar-refractivity contribution in [3.63, 3.8) is 0 Å². The van der Waals surface area contributed by atoms with Crippen molar-refractivity contribution < 1.29 is 14.7 Å². The van der Waals surface area contributed by atoms with Gasteiger partial charge in [-0.2, -0.15) is 0 Å². The van der Waals surface area contributed by atoms with Crippen LogP contribution >= 0.6 is 0 Å². The topological polar surface area (TPSA) is 78.4 Å². The molecule has 1 unspecified atom stereocenters. The lowest BCUT2D eigenvalue weighted by atomic mass is 9.80. The minimum Gasteiger partial charge on any atom is -0.478 e. The van der Waals surface area contributed by atoms with Gasteiger partial charge in [0.05, 0.1) is 5.56 Å². The fraction of sp³-hybridized carbons (Fsp3) is 0.500. The molecule has 1 saturated carbocycles. The third-order valence-corrected chi connectivity index (χ3v) is 4.12. The second-order valence-electron chi connectivity index (χ2n) is 5.63. The second kappa shape index (κ2) is 7.11. The van der Waals surface area contributed by atoms with Gasteiger partial charge in [0.1, 0.15) is 0 Å². The first-order valence-corrected chi connectivity index (χ1v) is 7.43. The number of carboxylic acid groups (broad SMARTS) is 1. The summed E-state index contributed by atoms with van der Waals surface area (Å²) in [5.41, 5.74) is 1.28. The summed E-state index contributed by atoms with van der Waals surface area (Å²) >= 11 is 0. The van der Waals surface area contributed by atoms with Crippen molar-refractivity contribution in [2.45, 2.75) is 38.6 Å². The van der Waals surface area contributed by atoms with Crippen LogP contribution in [0, 0.1) is 5.92 Å². The molecule has 0 spiro atoms. The van der Waals surface area contributed by atoms with Crippen molar-refractivity contribution in [1.29, 1.82) is 0 Å². The van der Waals surface area contributed by atoms with Gasteiger partial charge in [0.25, 0.3) is 0 Å². The number of amides is 2. The lowest BCUT2D eigenvalue weighted by Gasteiger charge is -2.31. The van der Waals surface area contributed by atoms with E-state index in [2.05, 4.69) is 10.6 Å². The quantitative estimate of drug-likeness (QED) is 0.753. The van der Waals surface area contributed by atoms with Crippen LogP contribution in [0.5, 0.6) is 0 Å². The van der Waals surface area contributed by atoms with Crippen molar-refractivity contribution in [3.05, 3.63) is 35.4 Å². The van der Waals surface area contributed by atoms with Crippen LogP contribution < -0.4 is 10.6 Å². The number of nitrogens with one attached hydrogen (secondary N) is 2. The van der Waals surface area contributed by atoms with Crippen LogP contribution in [0.15, 0.2) is 24.3 Å². The molecule has 1 aliphatic rings. The highest BCUT2D eigenvalue weighted by molar-refractivity contribution is 5.87. The highest BCUT2D eigenvalue weighted by Crippen LogP contribution is 2.29. The number of carboxylic acids is 1. The summed E-state index contributed by atoms with van der Waals surface area (Å²) in [6.45, 7) is 2.59. The summed E-state index contributed by atoms with van der Waals surface area (Å²) in [4.78, 5) is 22.5. The van der Waals surface area contributed by atoms with Crippen LogP contribution in [0.2, 0.25) is 0 Å². The molecule has 21 heavy (non-hydrogen) atoms. The van der Waals surface area contributed by atoms with E-state index in [4.69, 9.17) is 5.11 Å². The number of hydrogen-bond acceptors (Lipinski definition) is 2. The number of rotatable bonds is 6. The van der Waals surface area contributed by atoms with E-state index in [9.17, 15) is 9.59 Å². The molecular formula is C16H22N2O3. The number of aromatic carboxylic acids is 1. The maximum Gasteiger partial charge on any atom is 0.335 e. The Labute approximate surface area is 124 Å². The van der Waals surface area contributed by atoms with E-state index in [1.54, 1.807) is 24.3 Å². The average molecular weight is 290 g/mol.